The fourth-order valence-electron chi connectivity index (χ4n) is 1.43. The summed E-state index contributed by atoms with van der Waals surface area (Å²) in [7, 11) is 4.20. The fraction of sp³-hybridized carbons (Fsp3) is 0.0714. The number of pyridine rings is 1. The van der Waals surface area contributed by atoms with Crippen molar-refractivity contribution in [3.05, 3.63) is 65.8 Å². The Balaban J connectivity index is 0.00000106. The molecule has 0 bridgehead atoms. The molecule has 4 nitrogen and oxygen atoms in total. The van der Waals surface area contributed by atoms with Crippen molar-refractivity contribution in [1.82, 2.24) is 4.98 Å². The molecule has 0 unspecified atom stereocenters. The third-order valence-electron chi connectivity index (χ3n) is 2.36. The van der Waals surface area contributed by atoms with Gasteiger partial charge in [-0.05, 0) is 31.2 Å². The van der Waals surface area contributed by atoms with Crippen LogP contribution in [0.1, 0.15) is 12.6 Å². The van der Waals surface area contributed by atoms with Crippen LogP contribution in [0.4, 0.5) is 5.69 Å². The van der Waals surface area contributed by atoms with E-state index in [1.807, 2.05) is 55.5 Å². The van der Waals surface area contributed by atoms with Crippen molar-refractivity contribution in [1.29, 1.82) is 0 Å². The molecule has 0 aliphatic rings. The van der Waals surface area contributed by atoms with Gasteiger partial charge in [0.2, 0.25) is 5.11 Å². The fourth-order valence-corrected chi connectivity index (χ4v) is 1.60. The minimum absolute atomic E-state index is 0.432. The topological polar surface area (TPSA) is 51.4 Å². The zero-order valence-corrected chi connectivity index (χ0v) is 13.8. The van der Waals surface area contributed by atoms with Crippen LogP contribution in [0.25, 0.3) is 5.43 Å². The Morgan fingerprint density at radius 2 is 1.86 bits per heavy atom. The van der Waals surface area contributed by atoms with Crippen LogP contribution < -0.4 is 5.32 Å². The second-order valence-corrected chi connectivity index (χ2v) is 4.24. The number of nitrogens with zero attached hydrogens (tertiary/aromatic N) is 3. The van der Waals surface area contributed by atoms with E-state index in [1.165, 1.54) is 0 Å². The van der Waals surface area contributed by atoms with E-state index in [9.17, 15) is 0 Å². The summed E-state index contributed by atoms with van der Waals surface area (Å²) in [6, 6.07) is 15.3. The van der Waals surface area contributed by atoms with Gasteiger partial charge in [-0.1, -0.05) is 24.3 Å². The molecule has 7 heteroatoms. The average Bonchev–Trinajstić information content (AvgIpc) is 2.56. The van der Waals surface area contributed by atoms with E-state index in [2.05, 4.69) is 58.2 Å². The summed E-state index contributed by atoms with van der Waals surface area (Å²) in [5.41, 5.74) is 6.47. The molecule has 2 aromatic rings. The van der Waals surface area contributed by atoms with Gasteiger partial charge in [0, 0.05) is 17.6 Å². The molecule has 0 aliphatic heterocycles. The Bertz CT molecular complexity index is 578. The molecule has 0 aliphatic carbocycles. The molecule has 114 valence electrons. The van der Waals surface area contributed by atoms with E-state index in [0.29, 0.717) is 5.11 Å². The van der Waals surface area contributed by atoms with E-state index >= 15 is 0 Å². The van der Waals surface area contributed by atoms with Gasteiger partial charge in [0.15, 0.2) is 12.2 Å². The first-order valence-electron chi connectivity index (χ1n) is 5.92. The summed E-state index contributed by atoms with van der Waals surface area (Å²) in [5, 5.41) is 7.56. The standard InChI is InChI=1S/C14H14N4S.ClH.Cu/c1-11(13-9-5-6-10-15-13)17-18-14(19)16-12-7-3-2-4-8-12;;/h2-10H,1H3,(H2,15,16,18,19);1H;/q;;+1/p-1. The minimum atomic E-state index is 0.432. The van der Waals surface area contributed by atoms with Crippen molar-refractivity contribution in [2.75, 3.05) is 5.32 Å². The van der Waals surface area contributed by atoms with E-state index in [4.69, 9.17) is 0 Å². The zero-order valence-electron chi connectivity index (χ0n) is 11.2. The molecule has 0 saturated carbocycles. The summed E-state index contributed by atoms with van der Waals surface area (Å²) in [5.74, 6) is 0. The molecule has 0 radical (unpaired) electrons. The molecule has 1 aromatic heterocycles. The van der Waals surface area contributed by atoms with Crippen molar-refractivity contribution < 1.29 is 15.1 Å². The third kappa shape index (κ3) is 6.69. The van der Waals surface area contributed by atoms with Crippen molar-refractivity contribution in [2.24, 2.45) is 5.10 Å². The van der Waals surface area contributed by atoms with Crippen molar-refractivity contribution in [2.45, 2.75) is 6.92 Å². The summed E-state index contributed by atoms with van der Waals surface area (Å²) < 4.78 is 0. The number of nitrogens with one attached hydrogen (secondary N) is 1. The summed E-state index contributed by atoms with van der Waals surface area (Å²) >= 11 is 7.90. The molecule has 1 aromatic carbocycles. The molecule has 2 rings (SSSR count). The predicted octanol–water partition coefficient (Wildman–Crippen LogP) is 3.35. The molecule has 0 amide bonds. The van der Waals surface area contributed by atoms with Gasteiger partial charge in [0.25, 0.3) is 0 Å². The van der Waals surface area contributed by atoms with Crippen molar-refractivity contribution in [3.8, 4) is 0 Å². The Morgan fingerprint density at radius 1 is 1.19 bits per heavy atom. The van der Waals surface area contributed by atoms with Gasteiger partial charge in [-0.15, -0.1) is 0 Å². The Labute approximate surface area is 142 Å². The Hall–Kier alpha value is -1.46. The number of para-hydroxylation sites is 1. The van der Waals surface area contributed by atoms with Gasteiger partial charge < -0.3 is 15.8 Å². The normalized spacial score (nSPS) is 10.2. The molecule has 21 heavy (non-hydrogen) atoms. The monoisotopic (exact) mass is 368 g/mol. The first kappa shape index (κ1) is 17.6. The summed E-state index contributed by atoms with van der Waals surface area (Å²) in [6.45, 7) is 1.86. The average molecular weight is 369 g/mol. The molecule has 0 fully saturated rings. The first-order valence-corrected chi connectivity index (χ1v) is 7.66. The van der Waals surface area contributed by atoms with E-state index < -0.39 is 0 Å². The first-order chi connectivity index (χ1) is 10.3. The third-order valence-corrected chi connectivity index (χ3v) is 2.56. The molecule has 0 saturated heterocycles. The van der Waals surface area contributed by atoms with Gasteiger partial charge in [-0.2, -0.15) is 0 Å². The summed E-state index contributed by atoms with van der Waals surface area (Å²) in [6.07, 6.45) is 1.72. The van der Waals surface area contributed by atoms with Crippen LogP contribution >= 0.6 is 10.1 Å². The zero-order chi connectivity index (χ0) is 15.5. The van der Waals surface area contributed by atoms with Crippen LogP contribution in [0.5, 0.6) is 0 Å². The number of benzene rings is 1. The molecule has 1 N–H and O–H groups in total. The predicted molar refractivity (Wildman–Crippen MR) is 89.5 cm³/mol. The van der Waals surface area contributed by atoms with Crippen LogP contribution in [0.2, 0.25) is 0 Å². The van der Waals surface area contributed by atoms with Crippen LogP contribution in [0, 0.1) is 0 Å². The van der Waals surface area contributed by atoms with Crippen LogP contribution in [0.3, 0.4) is 0 Å². The van der Waals surface area contributed by atoms with Crippen molar-refractivity contribution in [3.63, 3.8) is 0 Å². The maximum atomic E-state index is 4.24. The number of halogens is 1. The van der Waals surface area contributed by atoms with Crippen molar-refractivity contribution >= 4 is 38.8 Å². The number of aromatic nitrogens is 1. The van der Waals surface area contributed by atoms with Gasteiger partial charge in [-0.3, -0.25) is 4.98 Å². The number of hydrogen-bond donors (Lipinski definition) is 1. The number of anilines is 1. The van der Waals surface area contributed by atoms with Crippen LogP contribution in [0.15, 0.2) is 59.8 Å². The maximum absolute atomic E-state index is 4.24. The van der Waals surface area contributed by atoms with Gasteiger partial charge in [0.1, 0.15) is 0 Å². The molecule has 0 spiro atoms. The molecular formula is C14H14ClCuN4S. The van der Waals surface area contributed by atoms with E-state index in [-0.39, 0.29) is 0 Å². The van der Waals surface area contributed by atoms with Crippen LogP contribution in [-0.2, 0) is 27.3 Å². The second-order valence-electron chi connectivity index (χ2n) is 3.82. The Kier molecular flexibility index (Phi) is 8.62. The number of rotatable bonds is 3. The van der Waals surface area contributed by atoms with Gasteiger partial charge in [0.05, 0.1) is 5.69 Å². The summed E-state index contributed by atoms with van der Waals surface area (Å²) in [4.78, 5) is 4.20. The quantitative estimate of drug-likeness (QED) is 0.225. The van der Waals surface area contributed by atoms with Gasteiger partial charge in [-0.25, -0.2) is 0 Å². The molecule has 1 heterocycles. The Morgan fingerprint density at radius 3 is 2.48 bits per heavy atom. The molecular weight excluding hydrogens is 355 g/mol. The number of hydrogen-bond acceptors (Lipinski definition) is 2. The SMILES string of the molecule is CC(=N[N-]C(=[SH+])Nc1ccccc1)c1ccccn1.[Cl][Cu]. The number of thiol groups is 1. The van der Waals surface area contributed by atoms with E-state index in [0.717, 1.165) is 17.1 Å². The van der Waals surface area contributed by atoms with E-state index in [1.54, 1.807) is 6.20 Å². The second kappa shape index (κ2) is 10.3. The van der Waals surface area contributed by atoms with Gasteiger partial charge >= 0.3 is 25.2 Å². The molecule has 0 atom stereocenters. The van der Waals surface area contributed by atoms with Crippen LogP contribution in [-0.4, -0.2) is 15.8 Å².